The van der Waals surface area contributed by atoms with Crippen LogP contribution in [0.25, 0.3) is 5.70 Å². The van der Waals surface area contributed by atoms with Crippen molar-refractivity contribution >= 4 is 24.3 Å². The fourth-order valence-corrected chi connectivity index (χ4v) is 3.41. The molecule has 3 heterocycles. The van der Waals surface area contributed by atoms with Crippen LogP contribution in [0.2, 0.25) is 0 Å². The first kappa shape index (κ1) is 11.1. The van der Waals surface area contributed by atoms with Crippen LogP contribution in [0.3, 0.4) is 0 Å². The van der Waals surface area contributed by atoms with Crippen LogP contribution in [-0.2, 0) is 0 Å². The Hall–Kier alpha value is -1.81. The predicted octanol–water partition coefficient (Wildman–Crippen LogP) is 3.66. The molecule has 0 saturated carbocycles. The summed E-state index contributed by atoms with van der Waals surface area (Å²) in [5.74, 6) is 0.922. The number of allylic oxidation sites excluding steroid dienone is 4. The molecule has 4 rings (SSSR count). The zero-order chi connectivity index (χ0) is 13.0. The third-order valence-electron chi connectivity index (χ3n) is 4.11. The van der Waals surface area contributed by atoms with Gasteiger partial charge in [-0.2, -0.15) is 0 Å². The van der Waals surface area contributed by atoms with Gasteiger partial charge in [0, 0.05) is 6.20 Å². The van der Waals surface area contributed by atoms with E-state index in [4.69, 9.17) is 12.6 Å². The second kappa shape index (κ2) is 3.61. The van der Waals surface area contributed by atoms with Crippen LogP contribution in [-0.4, -0.2) is 15.1 Å². The molecule has 3 aliphatic rings. The summed E-state index contributed by atoms with van der Waals surface area (Å²) in [5, 5.41) is 0.783. The van der Waals surface area contributed by atoms with Crippen molar-refractivity contribution in [1.82, 2.24) is 9.55 Å². The minimum Gasteiger partial charge on any atom is -0.299 e. The quantitative estimate of drug-likeness (QED) is 0.725. The van der Waals surface area contributed by atoms with Crippen LogP contribution in [0.4, 0.5) is 5.95 Å². The van der Waals surface area contributed by atoms with E-state index in [2.05, 4.69) is 51.9 Å². The molecule has 1 unspecified atom stereocenters. The van der Waals surface area contributed by atoms with Crippen LogP contribution < -0.4 is 4.90 Å². The SMILES string of the molecule is CCC1=CC23C=CC=CN2c2ncc([S])n2C3=CC1. The van der Waals surface area contributed by atoms with Crippen molar-refractivity contribution in [2.24, 2.45) is 0 Å². The van der Waals surface area contributed by atoms with Gasteiger partial charge in [0.25, 0.3) is 0 Å². The maximum atomic E-state index is 5.42. The molecule has 0 fully saturated rings. The average Bonchev–Trinajstić information content (AvgIpc) is 2.94. The van der Waals surface area contributed by atoms with Crippen LogP contribution >= 0.6 is 12.6 Å². The molecule has 1 spiro atoms. The summed E-state index contributed by atoms with van der Waals surface area (Å²) in [6.45, 7) is 2.21. The number of fused-ring (bicyclic) bond motifs is 3. The maximum Gasteiger partial charge on any atom is 0.216 e. The highest BCUT2D eigenvalue weighted by molar-refractivity contribution is 7.80. The lowest BCUT2D eigenvalue weighted by molar-refractivity contribution is 0.759. The number of hydrogen-bond acceptors (Lipinski definition) is 2. The molecule has 0 saturated heterocycles. The summed E-state index contributed by atoms with van der Waals surface area (Å²) in [4.78, 5) is 6.69. The topological polar surface area (TPSA) is 21.1 Å². The highest BCUT2D eigenvalue weighted by Crippen LogP contribution is 2.49. The highest BCUT2D eigenvalue weighted by atomic mass is 32.1. The van der Waals surface area contributed by atoms with Gasteiger partial charge in [-0.05, 0) is 31.1 Å². The zero-order valence-corrected chi connectivity index (χ0v) is 11.5. The van der Waals surface area contributed by atoms with Gasteiger partial charge in [-0.3, -0.25) is 9.47 Å². The van der Waals surface area contributed by atoms with Crippen LogP contribution in [0.5, 0.6) is 0 Å². The molecular formula is C15H14N3S. The van der Waals surface area contributed by atoms with Crippen molar-refractivity contribution in [2.45, 2.75) is 30.3 Å². The molecule has 0 aromatic carbocycles. The molecule has 1 aromatic rings. The Morgan fingerprint density at radius 1 is 1.42 bits per heavy atom. The van der Waals surface area contributed by atoms with E-state index in [-0.39, 0.29) is 5.54 Å². The zero-order valence-electron chi connectivity index (χ0n) is 10.7. The van der Waals surface area contributed by atoms with E-state index in [1.807, 2.05) is 6.08 Å². The molecule has 1 aliphatic carbocycles. The lowest BCUT2D eigenvalue weighted by Crippen LogP contribution is -2.42. The molecule has 0 amide bonds. The molecule has 0 bridgehead atoms. The Morgan fingerprint density at radius 2 is 2.32 bits per heavy atom. The summed E-state index contributed by atoms with van der Waals surface area (Å²) in [5.41, 5.74) is 2.48. The van der Waals surface area contributed by atoms with Crippen LogP contribution in [0.15, 0.2) is 53.4 Å². The molecule has 1 radical (unpaired) electrons. The van der Waals surface area contributed by atoms with Crippen molar-refractivity contribution < 1.29 is 0 Å². The second-order valence-corrected chi connectivity index (χ2v) is 5.50. The van der Waals surface area contributed by atoms with Gasteiger partial charge >= 0.3 is 0 Å². The summed E-state index contributed by atoms with van der Waals surface area (Å²) in [6.07, 6.45) is 17.0. The average molecular weight is 268 g/mol. The number of rotatable bonds is 1. The lowest BCUT2D eigenvalue weighted by atomic mass is 9.84. The summed E-state index contributed by atoms with van der Waals surface area (Å²) in [6, 6.07) is 0. The van der Waals surface area contributed by atoms with Crippen LogP contribution in [0, 0.1) is 0 Å². The Balaban J connectivity index is 2.00. The van der Waals surface area contributed by atoms with E-state index in [0.717, 1.165) is 23.8 Å². The third-order valence-corrected chi connectivity index (χ3v) is 4.40. The monoisotopic (exact) mass is 268 g/mol. The van der Waals surface area contributed by atoms with Crippen molar-refractivity contribution in [3.8, 4) is 0 Å². The summed E-state index contributed by atoms with van der Waals surface area (Å²) in [7, 11) is 0. The second-order valence-electron chi connectivity index (χ2n) is 5.08. The molecular weight excluding hydrogens is 254 g/mol. The first-order valence-corrected chi connectivity index (χ1v) is 6.99. The highest BCUT2D eigenvalue weighted by Gasteiger charge is 2.47. The van der Waals surface area contributed by atoms with Gasteiger partial charge in [-0.1, -0.05) is 37.3 Å². The summed E-state index contributed by atoms with van der Waals surface area (Å²) < 4.78 is 2.10. The Kier molecular flexibility index (Phi) is 2.10. The number of anilines is 1. The molecule has 0 N–H and O–H groups in total. The first-order chi connectivity index (χ1) is 9.26. The van der Waals surface area contributed by atoms with E-state index >= 15 is 0 Å². The van der Waals surface area contributed by atoms with Crippen molar-refractivity contribution in [3.63, 3.8) is 0 Å². The van der Waals surface area contributed by atoms with E-state index in [1.54, 1.807) is 6.20 Å². The molecule has 1 aromatic heterocycles. The van der Waals surface area contributed by atoms with Gasteiger partial charge < -0.3 is 0 Å². The predicted molar refractivity (Wildman–Crippen MR) is 78.8 cm³/mol. The number of nitrogens with zero attached hydrogens (tertiary/aromatic N) is 3. The fourth-order valence-electron chi connectivity index (χ4n) is 3.18. The lowest BCUT2D eigenvalue weighted by Gasteiger charge is -2.36. The Morgan fingerprint density at radius 3 is 3.16 bits per heavy atom. The smallest absolute Gasteiger partial charge is 0.216 e. The van der Waals surface area contributed by atoms with Gasteiger partial charge in [0.1, 0.15) is 10.6 Å². The first-order valence-electron chi connectivity index (χ1n) is 6.58. The van der Waals surface area contributed by atoms with Crippen molar-refractivity contribution in [2.75, 3.05) is 4.90 Å². The molecule has 2 aliphatic heterocycles. The maximum absolute atomic E-state index is 5.42. The Bertz CT molecular complexity index is 678. The standard InChI is InChI=1S/C15H14N3S/c1-2-11-5-6-12-15(9-11)7-3-4-8-17(15)14-16-10-13(19)18(12)14/h3-4,6-10H,2,5H2,1H3. The largest absolute Gasteiger partial charge is 0.299 e. The van der Waals surface area contributed by atoms with E-state index in [1.165, 1.54) is 11.3 Å². The Labute approximate surface area is 118 Å². The molecule has 3 nitrogen and oxygen atoms in total. The van der Waals surface area contributed by atoms with Crippen LogP contribution in [0.1, 0.15) is 19.8 Å². The number of hydrogen-bond donors (Lipinski definition) is 0. The third kappa shape index (κ3) is 1.24. The summed E-state index contributed by atoms with van der Waals surface area (Å²) >= 11 is 5.42. The van der Waals surface area contributed by atoms with Gasteiger partial charge in [-0.25, -0.2) is 4.98 Å². The van der Waals surface area contributed by atoms with E-state index < -0.39 is 0 Å². The van der Waals surface area contributed by atoms with E-state index in [0.29, 0.717) is 0 Å². The van der Waals surface area contributed by atoms with Crippen molar-refractivity contribution in [1.29, 1.82) is 0 Å². The van der Waals surface area contributed by atoms with Gasteiger partial charge in [0.15, 0.2) is 0 Å². The van der Waals surface area contributed by atoms with Gasteiger partial charge in [-0.15, -0.1) is 0 Å². The van der Waals surface area contributed by atoms with E-state index in [9.17, 15) is 0 Å². The molecule has 4 heteroatoms. The fraction of sp³-hybridized carbons (Fsp3) is 0.267. The molecule has 95 valence electrons. The minimum atomic E-state index is -0.213. The molecule has 1 atom stereocenters. The minimum absolute atomic E-state index is 0.213. The van der Waals surface area contributed by atoms with Gasteiger partial charge in [0.2, 0.25) is 5.95 Å². The van der Waals surface area contributed by atoms with Gasteiger partial charge in [0.05, 0.1) is 11.9 Å². The number of imidazole rings is 1. The number of aromatic nitrogens is 2. The molecule has 19 heavy (non-hydrogen) atoms. The normalized spacial score (nSPS) is 26.7. The van der Waals surface area contributed by atoms with Crippen molar-refractivity contribution in [3.05, 3.63) is 48.4 Å².